The Balaban J connectivity index is 2.12. The first kappa shape index (κ1) is 19.5. The molecule has 0 atom stereocenters. The average Bonchev–Trinajstić information content (AvgIpc) is 2.64. The van der Waals surface area contributed by atoms with Crippen molar-refractivity contribution in [2.75, 3.05) is 0 Å². The van der Waals surface area contributed by atoms with E-state index >= 15 is 0 Å². The first-order valence-electron chi connectivity index (χ1n) is 9.58. The number of benzene rings is 2. The lowest BCUT2D eigenvalue weighted by molar-refractivity contribution is 1.42. The Bertz CT molecular complexity index is 975. The lowest BCUT2D eigenvalue weighted by Gasteiger charge is -2.28. The Morgan fingerprint density at radius 1 is 0.815 bits per heavy atom. The van der Waals surface area contributed by atoms with E-state index in [1.165, 1.54) is 21.3 Å². The van der Waals surface area contributed by atoms with Gasteiger partial charge in [-0.05, 0) is 16.8 Å². The summed E-state index contributed by atoms with van der Waals surface area (Å²) in [6.45, 7) is 12.1. The van der Waals surface area contributed by atoms with Crippen LogP contribution in [-0.2, 0) is 0 Å². The van der Waals surface area contributed by atoms with E-state index in [-0.39, 0.29) is 0 Å². The molecule has 1 heterocycles. The van der Waals surface area contributed by atoms with E-state index in [0.29, 0.717) is 0 Å². The molecule has 0 saturated carbocycles. The maximum atomic E-state index is 4.74. The summed E-state index contributed by atoms with van der Waals surface area (Å²) in [5.74, 6) is 0. The highest BCUT2D eigenvalue weighted by molar-refractivity contribution is 6.99. The van der Waals surface area contributed by atoms with Crippen LogP contribution in [0.4, 0.5) is 0 Å². The van der Waals surface area contributed by atoms with Crippen molar-refractivity contribution in [2.45, 2.75) is 32.7 Å². The number of pyridine rings is 1. The molecule has 0 aliphatic heterocycles. The second kappa shape index (κ2) is 7.79. The van der Waals surface area contributed by atoms with E-state index in [1.54, 1.807) is 0 Å². The molecule has 0 bridgehead atoms. The number of allylic oxidation sites excluding steroid dienone is 2. The number of hydrogen-bond donors (Lipinski definition) is 0. The molecular weight excluding hydrogens is 358 g/mol. The maximum absolute atomic E-state index is 4.74. The summed E-state index contributed by atoms with van der Waals surface area (Å²) in [7, 11) is -3.26. The second-order valence-electron chi connectivity index (χ2n) is 8.72. The van der Waals surface area contributed by atoms with Crippen molar-refractivity contribution in [3.05, 3.63) is 89.4 Å². The largest absolute Gasteiger partial charge is 0.256 e. The van der Waals surface area contributed by atoms with Crippen LogP contribution in [-0.4, -0.2) is 21.1 Å². The minimum absolute atomic E-state index is 1.16. The van der Waals surface area contributed by atoms with Gasteiger partial charge in [0.2, 0.25) is 0 Å². The Morgan fingerprint density at radius 3 is 2.22 bits per heavy atom. The molecule has 0 saturated heterocycles. The molecule has 1 nitrogen and oxygen atoms in total. The Morgan fingerprint density at radius 2 is 1.52 bits per heavy atom. The lowest BCUT2D eigenvalue weighted by Crippen LogP contribution is -2.45. The summed E-state index contributed by atoms with van der Waals surface area (Å²) in [4.78, 5) is 4.74. The third-order valence-corrected chi connectivity index (χ3v) is 9.84. The Labute approximate surface area is 165 Å². The van der Waals surface area contributed by atoms with Crippen LogP contribution in [0.2, 0.25) is 32.7 Å². The van der Waals surface area contributed by atoms with Gasteiger partial charge in [0.05, 0.1) is 13.6 Å². The van der Waals surface area contributed by atoms with Crippen molar-refractivity contribution in [1.82, 2.24) is 4.98 Å². The summed E-state index contributed by atoms with van der Waals surface area (Å²) >= 11 is 0. The van der Waals surface area contributed by atoms with Crippen molar-refractivity contribution in [1.29, 1.82) is 0 Å². The zero-order valence-electron chi connectivity index (χ0n) is 17.0. The molecule has 27 heavy (non-hydrogen) atoms. The van der Waals surface area contributed by atoms with E-state index in [9.17, 15) is 0 Å². The molecular formula is C24H29NSi2. The van der Waals surface area contributed by atoms with Gasteiger partial charge < -0.3 is 0 Å². The molecule has 3 heteroatoms. The molecule has 2 aromatic carbocycles. The number of fused-ring (bicyclic) bond motifs is 1. The van der Waals surface area contributed by atoms with Gasteiger partial charge in [0, 0.05) is 11.6 Å². The van der Waals surface area contributed by atoms with Gasteiger partial charge in [-0.3, -0.25) is 4.98 Å². The molecule has 3 rings (SSSR count). The van der Waals surface area contributed by atoms with Crippen LogP contribution < -0.4 is 5.19 Å². The predicted molar refractivity (Wildman–Crippen MR) is 126 cm³/mol. The summed E-state index contributed by atoms with van der Waals surface area (Å²) in [6.07, 6.45) is 6.54. The first-order chi connectivity index (χ1) is 12.8. The van der Waals surface area contributed by atoms with Crippen LogP contribution in [0.15, 0.2) is 83.8 Å². The van der Waals surface area contributed by atoms with Gasteiger partial charge in [-0.15, -0.1) is 0 Å². The number of nitrogens with zero attached hydrogens (tertiary/aromatic N) is 1. The Hall–Kier alpha value is -2.24. The van der Waals surface area contributed by atoms with E-state index in [1.807, 2.05) is 12.3 Å². The normalized spacial score (nSPS) is 13.4. The molecule has 0 spiro atoms. The fourth-order valence-corrected chi connectivity index (χ4v) is 9.31. The van der Waals surface area contributed by atoms with Crippen LogP contribution in [0, 0.1) is 0 Å². The zero-order chi connectivity index (χ0) is 19.5. The number of aromatic nitrogens is 1. The van der Waals surface area contributed by atoms with Crippen molar-refractivity contribution in [3.63, 3.8) is 0 Å². The van der Waals surface area contributed by atoms with Gasteiger partial charge in [0.15, 0.2) is 0 Å². The second-order valence-corrected chi connectivity index (χ2v) is 18.1. The third kappa shape index (κ3) is 4.73. The lowest BCUT2D eigenvalue weighted by atomic mass is 10.2. The molecule has 138 valence electrons. The fourth-order valence-electron chi connectivity index (χ4n) is 3.42. The van der Waals surface area contributed by atoms with Crippen LogP contribution >= 0.6 is 0 Å². The predicted octanol–water partition coefficient (Wildman–Crippen LogP) is 6.21. The monoisotopic (exact) mass is 387 g/mol. The van der Waals surface area contributed by atoms with Crippen molar-refractivity contribution >= 4 is 38.3 Å². The topological polar surface area (TPSA) is 12.9 Å². The first-order valence-corrected chi connectivity index (χ1v) is 16.2. The van der Waals surface area contributed by atoms with Crippen LogP contribution in [0.1, 0.15) is 5.56 Å². The molecule has 0 radical (unpaired) electrons. The summed E-state index contributed by atoms with van der Waals surface area (Å²) < 4.78 is 0. The Kier molecular flexibility index (Phi) is 5.63. The highest BCUT2D eigenvalue weighted by Crippen LogP contribution is 2.24. The van der Waals surface area contributed by atoms with Crippen molar-refractivity contribution < 1.29 is 0 Å². The molecule has 0 unspecified atom stereocenters. The average molecular weight is 388 g/mol. The van der Waals surface area contributed by atoms with E-state index in [0.717, 1.165) is 5.52 Å². The summed E-state index contributed by atoms with van der Waals surface area (Å²) in [6, 6.07) is 21.4. The molecule has 0 aliphatic carbocycles. The third-order valence-electron chi connectivity index (χ3n) is 4.87. The highest BCUT2D eigenvalue weighted by Gasteiger charge is 2.30. The number of hydrogen-bond acceptors (Lipinski definition) is 1. The summed E-state index contributed by atoms with van der Waals surface area (Å²) in [5, 5.41) is 4.15. The molecule has 3 aromatic rings. The van der Waals surface area contributed by atoms with Gasteiger partial charge >= 0.3 is 0 Å². The van der Waals surface area contributed by atoms with Crippen LogP contribution in [0.5, 0.6) is 0 Å². The van der Waals surface area contributed by atoms with Gasteiger partial charge in [-0.1, -0.05) is 110 Å². The van der Waals surface area contributed by atoms with E-state index in [2.05, 4.69) is 105 Å². The van der Waals surface area contributed by atoms with Gasteiger partial charge in [-0.2, -0.15) is 0 Å². The fraction of sp³-hybridized carbons (Fsp3) is 0.208. The standard InChI is InChI=1S/C24H29NSi2/c1-26(2,3)19-22(17-16-20-11-7-6-8-12-20)27(4,5)23-15-9-13-21-14-10-18-25-24(21)23/h6-19H,1-5H3/b17-16+,22-19+. The smallest absolute Gasteiger partial charge is 0.114 e. The SMILES string of the molecule is C[Si](C)(C)/C=C(\C=C\c1ccccc1)[Si](C)(C)c1cccc2cccnc12. The van der Waals surface area contributed by atoms with Crippen LogP contribution in [0.25, 0.3) is 17.0 Å². The van der Waals surface area contributed by atoms with Gasteiger partial charge in [0.1, 0.15) is 8.07 Å². The number of para-hydroxylation sites is 1. The van der Waals surface area contributed by atoms with Crippen LogP contribution in [0.3, 0.4) is 0 Å². The highest BCUT2D eigenvalue weighted by atomic mass is 28.3. The zero-order valence-corrected chi connectivity index (χ0v) is 19.0. The minimum atomic E-state index is -1.89. The van der Waals surface area contributed by atoms with Gasteiger partial charge in [-0.25, -0.2) is 0 Å². The molecule has 0 amide bonds. The quantitative estimate of drug-likeness (QED) is 0.375. The molecule has 0 N–H and O–H groups in total. The van der Waals surface area contributed by atoms with E-state index < -0.39 is 16.1 Å². The molecule has 1 aromatic heterocycles. The van der Waals surface area contributed by atoms with E-state index in [4.69, 9.17) is 4.98 Å². The summed E-state index contributed by atoms with van der Waals surface area (Å²) in [5.41, 5.74) is 4.99. The maximum Gasteiger partial charge on any atom is 0.114 e. The number of rotatable bonds is 5. The van der Waals surface area contributed by atoms with Crippen molar-refractivity contribution in [3.8, 4) is 0 Å². The van der Waals surface area contributed by atoms with Crippen molar-refractivity contribution in [2.24, 2.45) is 0 Å². The molecule has 0 fully saturated rings. The van der Waals surface area contributed by atoms with Gasteiger partial charge in [0.25, 0.3) is 0 Å². The minimum Gasteiger partial charge on any atom is -0.256 e. The molecule has 0 aliphatic rings.